The van der Waals surface area contributed by atoms with Crippen molar-refractivity contribution in [2.45, 2.75) is 32.5 Å². The Bertz CT molecular complexity index is 586. The smallest absolute Gasteiger partial charge is 0.153 e. The molecule has 1 aliphatic rings. The van der Waals surface area contributed by atoms with E-state index >= 15 is 0 Å². The maximum atomic E-state index is 9.67. The summed E-state index contributed by atoms with van der Waals surface area (Å²) in [5.41, 5.74) is 1.71. The topological polar surface area (TPSA) is 61.0 Å². The summed E-state index contributed by atoms with van der Waals surface area (Å²) in [5, 5.41) is 19.3. The molecule has 1 saturated heterocycles. The molecular weight excluding hydrogens is 254 g/mol. The molecule has 2 N–H and O–H groups in total. The molecule has 0 amide bonds. The highest BCUT2D eigenvalue weighted by molar-refractivity contribution is 5.56. The van der Waals surface area contributed by atoms with Crippen molar-refractivity contribution >= 4 is 11.5 Å². The quantitative estimate of drug-likeness (QED) is 0.889. The lowest BCUT2D eigenvalue weighted by Crippen LogP contribution is -2.37. The molecule has 0 spiro atoms. The molecule has 0 radical (unpaired) electrons. The Morgan fingerprint density at radius 1 is 1.35 bits per heavy atom. The van der Waals surface area contributed by atoms with Gasteiger partial charge >= 0.3 is 0 Å². The van der Waals surface area contributed by atoms with E-state index in [-0.39, 0.29) is 12.7 Å². The number of nitrogens with zero attached hydrogens (tertiary/aromatic N) is 3. The van der Waals surface area contributed by atoms with E-state index in [9.17, 15) is 10.2 Å². The van der Waals surface area contributed by atoms with E-state index in [1.807, 2.05) is 35.7 Å². The van der Waals surface area contributed by atoms with Gasteiger partial charge in [-0.25, -0.2) is 4.98 Å². The van der Waals surface area contributed by atoms with Crippen molar-refractivity contribution in [2.75, 3.05) is 18.0 Å². The Kier molecular flexibility index (Phi) is 3.63. The summed E-state index contributed by atoms with van der Waals surface area (Å²) in [7, 11) is 0. The maximum Gasteiger partial charge on any atom is 0.153 e. The largest absolute Gasteiger partial charge is 0.393 e. The zero-order valence-corrected chi connectivity index (χ0v) is 11.7. The third kappa shape index (κ3) is 2.27. The summed E-state index contributed by atoms with van der Waals surface area (Å²) >= 11 is 0. The summed E-state index contributed by atoms with van der Waals surface area (Å²) in [5.74, 6) is 1.25. The number of imidazole rings is 1. The molecule has 5 nitrogen and oxygen atoms in total. The Morgan fingerprint density at radius 3 is 2.75 bits per heavy atom. The molecule has 1 aliphatic heterocycles. The first-order valence-corrected chi connectivity index (χ1v) is 7.20. The van der Waals surface area contributed by atoms with Gasteiger partial charge in [0.25, 0.3) is 0 Å². The highest BCUT2D eigenvalue weighted by Gasteiger charge is 2.25. The van der Waals surface area contributed by atoms with Gasteiger partial charge in [-0.3, -0.25) is 4.40 Å². The minimum Gasteiger partial charge on any atom is -0.393 e. The Morgan fingerprint density at radius 2 is 2.10 bits per heavy atom. The number of anilines is 1. The molecule has 3 rings (SSSR count). The molecule has 0 saturated carbocycles. The molecule has 2 aromatic heterocycles. The standard InChI is InChI=1S/C15H21N3O2/c1-11(20)12-5-8-17(9-6-12)15-13(10-19)18-7-3-2-4-14(18)16-15/h2-4,7,11-12,19-20H,5-6,8-10H2,1H3. The molecule has 108 valence electrons. The molecule has 0 bridgehead atoms. The van der Waals surface area contributed by atoms with Crippen LogP contribution >= 0.6 is 0 Å². The van der Waals surface area contributed by atoms with Gasteiger partial charge < -0.3 is 15.1 Å². The number of fused-ring (bicyclic) bond motifs is 1. The van der Waals surface area contributed by atoms with Crippen LogP contribution in [0.25, 0.3) is 5.65 Å². The Balaban J connectivity index is 1.87. The highest BCUT2D eigenvalue weighted by atomic mass is 16.3. The van der Waals surface area contributed by atoms with Crippen LogP contribution in [0.4, 0.5) is 5.82 Å². The highest BCUT2D eigenvalue weighted by Crippen LogP contribution is 2.28. The third-order valence-electron chi connectivity index (χ3n) is 4.28. The van der Waals surface area contributed by atoms with Crippen LogP contribution in [0.1, 0.15) is 25.5 Å². The summed E-state index contributed by atoms with van der Waals surface area (Å²) in [6.45, 7) is 3.61. The fourth-order valence-electron chi connectivity index (χ4n) is 3.03. The van der Waals surface area contributed by atoms with Crippen LogP contribution in [0.2, 0.25) is 0 Å². The zero-order valence-electron chi connectivity index (χ0n) is 11.7. The Labute approximate surface area is 118 Å². The lowest BCUT2D eigenvalue weighted by molar-refractivity contribution is 0.109. The van der Waals surface area contributed by atoms with Crippen molar-refractivity contribution in [2.24, 2.45) is 5.92 Å². The number of piperidine rings is 1. The van der Waals surface area contributed by atoms with Gasteiger partial charge in [0.15, 0.2) is 5.82 Å². The maximum absolute atomic E-state index is 9.67. The lowest BCUT2D eigenvalue weighted by atomic mass is 9.92. The SMILES string of the molecule is CC(O)C1CCN(c2nc3ccccn3c2CO)CC1. The molecule has 1 unspecified atom stereocenters. The van der Waals surface area contributed by atoms with Gasteiger partial charge in [0.1, 0.15) is 5.65 Å². The van der Waals surface area contributed by atoms with Gasteiger partial charge in [0.2, 0.25) is 0 Å². The molecule has 5 heteroatoms. The first-order valence-electron chi connectivity index (χ1n) is 7.20. The molecule has 1 atom stereocenters. The number of aliphatic hydroxyl groups is 2. The number of hydrogen-bond donors (Lipinski definition) is 2. The molecule has 3 heterocycles. The summed E-state index contributed by atoms with van der Waals surface area (Å²) in [6, 6.07) is 5.84. The van der Waals surface area contributed by atoms with Crippen LogP contribution in [0.3, 0.4) is 0 Å². The van der Waals surface area contributed by atoms with E-state index in [4.69, 9.17) is 0 Å². The number of hydrogen-bond acceptors (Lipinski definition) is 4. The molecule has 20 heavy (non-hydrogen) atoms. The lowest BCUT2D eigenvalue weighted by Gasteiger charge is -2.33. The van der Waals surface area contributed by atoms with Crippen molar-refractivity contribution in [3.8, 4) is 0 Å². The summed E-state index contributed by atoms with van der Waals surface area (Å²) in [6.07, 6.45) is 3.63. The molecular formula is C15H21N3O2. The first kappa shape index (κ1) is 13.4. The number of aliphatic hydroxyl groups excluding tert-OH is 2. The van der Waals surface area contributed by atoms with E-state index in [1.54, 1.807) is 0 Å². The van der Waals surface area contributed by atoms with Crippen LogP contribution in [-0.4, -0.2) is 38.8 Å². The van der Waals surface area contributed by atoms with Crippen LogP contribution in [0.5, 0.6) is 0 Å². The van der Waals surface area contributed by atoms with Crippen LogP contribution in [-0.2, 0) is 6.61 Å². The molecule has 0 aromatic carbocycles. The molecule has 2 aromatic rings. The van der Waals surface area contributed by atoms with Gasteiger partial charge in [-0.05, 0) is 37.8 Å². The van der Waals surface area contributed by atoms with E-state index < -0.39 is 0 Å². The fourth-order valence-corrected chi connectivity index (χ4v) is 3.03. The van der Waals surface area contributed by atoms with Gasteiger partial charge in [-0.2, -0.15) is 0 Å². The zero-order chi connectivity index (χ0) is 14.1. The van der Waals surface area contributed by atoms with E-state index in [0.717, 1.165) is 43.1 Å². The normalized spacial score (nSPS) is 18.6. The second-order valence-electron chi connectivity index (χ2n) is 5.53. The predicted molar refractivity (Wildman–Crippen MR) is 77.7 cm³/mol. The Hall–Kier alpha value is -1.59. The van der Waals surface area contributed by atoms with Crippen LogP contribution < -0.4 is 4.90 Å². The monoisotopic (exact) mass is 275 g/mol. The predicted octanol–water partition coefficient (Wildman–Crippen LogP) is 1.42. The van der Waals surface area contributed by atoms with Crippen molar-refractivity contribution in [1.82, 2.24) is 9.38 Å². The van der Waals surface area contributed by atoms with E-state index in [2.05, 4.69) is 9.88 Å². The van der Waals surface area contributed by atoms with Gasteiger partial charge in [0.05, 0.1) is 18.4 Å². The van der Waals surface area contributed by atoms with E-state index in [1.165, 1.54) is 0 Å². The van der Waals surface area contributed by atoms with Gasteiger partial charge in [-0.1, -0.05) is 6.07 Å². The minimum absolute atomic E-state index is 0.0170. The summed E-state index contributed by atoms with van der Waals surface area (Å²) < 4.78 is 1.94. The van der Waals surface area contributed by atoms with Crippen molar-refractivity contribution in [3.05, 3.63) is 30.1 Å². The van der Waals surface area contributed by atoms with Gasteiger partial charge in [-0.15, -0.1) is 0 Å². The number of pyridine rings is 1. The van der Waals surface area contributed by atoms with Gasteiger partial charge in [0, 0.05) is 19.3 Å². The number of aromatic nitrogens is 2. The average Bonchev–Trinajstić information content (AvgIpc) is 2.85. The van der Waals surface area contributed by atoms with Crippen molar-refractivity contribution < 1.29 is 10.2 Å². The van der Waals surface area contributed by atoms with E-state index in [0.29, 0.717) is 5.92 Å². The number of rotatable bonds is 3. The van der Waals surface area contributed by atoms with Crippen LogP contribution in [0, 0.1) is 5.92 Å². The van der Waals surface area contributed by atoms with Crippen molar-refractivity contribution in [3.63, 3.8) is 0 Å². The average molecular weight is 275 g/mol. The third-order valence-corrected chi connectivity index (χ3v) is 4.28. The first-order chi connectivity index (χ1) is 9.70. The molecule has 1 fully saturated rings. The molecule has 0 aliphatic carbocycles. The minimum atomic E-state index is -0.240. The summed E-state index contributed by atoms with van der Waals surface area (Å²) in [4.78, 5) is 6.86. The second kappa shape index (κ2) is 5.42. The van der Waals surface area contributed by atoms with Crippen LogP contribution in [0.15, 0.2) is 24.4 Å². The fraction of sp³-hybridized carbons (Fsp3) is 0.533. The van der Waals surface area contributed by atoms with Crippen molar-refractivity contribution in [1.29, 1.82) is 0 Å². The second-order valence-corrected chi connectivity index (χ2v) is 5.53.